The van der Waals surface area contributed by atoms with Gasteiger partial charge >= 0.3 is 0 Å². The van der Waals surface area contributed by atoms with E-state index in [-0.39, 0.29) is 18.4 Å². The van der Waals surface area contributed by atoms with Gasteiger partial charge in [-0.1, -0.05) is 0 Å². The van der Waals surface area contributed by atoms with E-state index in [1.54, 1.807) is 24.4 Å². The molecule has 1 fully saturated rings. The van der Waals surface area contributed by atoms with Crippen LogP contribution in [0.4, 0.5) is 11.5 Å². The summed E-state index contributed by atoms with van der Waals surface area (Å²) in [5.41, 5.74) is 0.955. The maximum atomic E-state index is 12.3. The molecule has 0 bridgehead atoms. The Hall–Kier alpha value is -3.33. The van der Waals surface area contributed by atoms with Crippen molar-refractivity contribution in [3.8, 4) is 11.5 Å². The van der Waals surface area contributed by atoms with Gasteiger partial charge in [-0.25, -0.2) is 4.98 Å². The average Bonchev–Trinajstić information content (AvgIpc) is 2.78. The second-order valence-electron chi connectivity index (χ2n) is 7.00. The van der Waals surface area contributed by atoms with Gasteiger partial charge in [0, 0.05) is 31.7 Å². The Morgan fingerprint density at radius 2 is 1.77 bits per heavy atom. The van der Waals surface area contributed by atoms with E-state index in [0.29, 0.717) is 22.7 Å². The van der Waals surface area contributed by atoms with E-state index >= 15 is 0 Å². The van der Waals surface area contributed by atoms with Crippen molar-refractivity contribution < 1.29 is 19.1 Å². The molecule has 1 aliphatic rings. The molecule has 160 valence electrons. The van der Waals surface area contributed by atoms with Crippen LogP contribution in [0.25, 0.3) is 0 Å². The van der Waals surface area contributed by atoms with Crippen LogP contribution in [-0.4, -0.2) is 75.7 Å². The normalized spacial score (nSPS) is 14.2. The molecule has 1 aromatic heterocycles. The summed E-state index contributed by atoms with van der Waals surface area (Å²) in [6, 6.07) is 8.52. The predicted octanol–water partition coefficient (Wildman–Crippen LogP) is 1.22. The molecule has 0 radical (unpaired) electrons. The molecule has 0 spiro atoms. The van der Waals surface area contributed by atoms with Crippen LogP contribution in [0.2, 0.25) is 0 Å². The lowest BCUT2D eigenvalue weighted by Crippen LogP contribution is -2.44. The van der Waals surface area contributed by atoms with Crippen LogP contribution in [0.5, 0.6) is 11.5 Å². The third-order valence-corrected chi connectivity index (χ3v) is 4.91. The van der Waals surface area contributed by atoms with Crippen LogP contribution < -0.4 is 25.0 Å². The molecule has 9 nitrogen and oxygen atoms in total. The van der Waals surface area contributed by atoms with Crippen LogP contribution in [0.1, 0.15) is 10.4 Å². The highest BCUT2D eigenvalue weighted by atomic mass is 16.5. The quantitative estimate of drug-likeness (QED) is 0.705. The Morgan fingerprint density at radius 3 is 2.40 bits per heavy atom. The van der Waals surface area contributed by atoms with Crippen molar-refractivity contribution in [1.82, 2.24) is 15.2 Å². The minimum atomic E-state index is -0.380. The van der Waals surface area contributed by atoms with Gasteiger partial charge in [-0.15, -0.1) is 0 Å². The Kier molecular flexibility index (Phi) is 7.08. The molecule has 3 rings (SSSR count). The summed E-state index contributed by atoms with van der Waals surface area (Å²) >= 11 is 0. The van der Waals surface area contributed by atoms with Crippen molar-refractivity contribution in [3.05, 3.63) is 42.1 Å². The molecule has 0 saturated carbocycles. The number of methoxy groups -OCH3 is 2. The van der Waals surface area contributed by atoms with E-state index in [9.17, 15) is 9.59 Å². The van der Waals surface area contributed by atoms with Crippen LogP contribution in [0.3, 0.4) is 0 Å². The maximum Gasteiger partial charge on any atom is 0.251 e. The number of pyridine rings is 1. The van der Waals surface area contributed by atoms with Gasteiger partial charge < -0.3 is 29.9 Å². The lowest BCUT2D eigenvalue weighted by atomic mass is 10.2. The number of benzene rings is 1. The molecule has 2 heterocycles. The third-order valence-electron chi connectivity index (χ3n) is 4.91. The van der Waals surface area contributed by atoms with E-state index in [1.165, 1.54) is 14.2 Å². The molecule has 1 saturated heterocycles. The summed E-state index contributed by atoms with van der Waals surface area (Å²) in [5, 5.41) is 5.33. The van der Waals surface area contributed by atoms with E-state index < -0.39 is 0 Å². The Balaban J connectivity index is 1.50. The summed E-state index contributed by atoms with van der Waals surface area (Å²) in [6.07, 6.45) is 1.63. The molecule has 1 aromatic carbocycles. The van der Waals surface area contributed by atoms with Crippen molar-refractivity contribution >= 4 is 23.3 Å². The highest BCUT2D eigenvalue weighted by Gasteiger charge is 2.15. The van der Waals surface area contributed by atoms with Gasteiger partial charge in [0.25, 0.3) is 5.91 Å². The number of rotatable bonds is 7. The highest BCUT2D eigenvalue weighted by Crippen LogP contribution is 2.27. The fourth-order valence-corrected chi connectivity index (χ4v) is 3.13. The Labute approximate surface area is 176 Å². The molecule has 2 amide bonds. The van der Waals surface area contributed by atoms with E-state index in [4.69, 9.17) is 9.47 Å². The maximum absolute atomic E-state index is 12.3. The summed E-state index contributed by atoms with van der Waals surface area (Å²) in [4.78, 5) is 33.4. The smallest absolute Gasteiger partial charge is 0.251 e. The number of hydrogen-bond donors (Lipinski definition) is 2. The number of likely N-dealkylation sites (N-methyl/N-ethyl adjacent to an activating group) is 1. The van der Waals surface area contributed by atoms with Crippen molar-refractivity contribution in [2.24, 2.45) is 0 Å². The molecular formula is C21H27N5O4. The minimum absolute atomic E-state index is 0.159. The number of carbonyl (C=O) groups is 2. The monoisotopic (exact) mass is 413 g/mol. The topological polar surface area (TPSA) is 96.0 Å². The van der Waals surface area contributed by atoms with Gasteiger partial charge in [-0.05, 0) is 37.4 Å². The molecule has 1 aliphatic heterocycles. The number of carbonyl (C=O) groups excluding carboxylic acids is 2. The average molecular weight is 413 g/mol. The number of ether oxygens (including phenoxy) is 2. The zero-order chi connectivity index (χ0) is 21.5. The fraction of sp³-hybridized carbons (Fsp3) is 0.381. The number of amides is 2. The molecule has 2 N–H and O–H groups in total. The summed E-state index contributed by atoms with van der Waals surface area (Å²) in [7, 11) is 5.12. The summed E-state index contributed by atoms with van der Waals surface area (Å²) in [6.45, 7) is 3.70. The zero-order valence-electron chi connectivity index (χ0n) is 17.5. The van der Waals surface area contributed by atoms with Crippen molar-refractivity contribution in [3.63, 3.8) is 0 Å². The standard InChI is InChI=1S/C21H27N5O4/c1-25-8-10-26(11-9-25)19-7-5-16(13-22-19)24-20(27)14-23-21(28)15-4-6-17(29-2)18(12-15)30-3/h4-7,12-13H,8-11,14H2,1-3H3,(H,23,28)(H,24,27). The molecule has 0 aliphatic carbocycles. The summed E-state index contributed by atoms with van der Waals surface area (Å²) < 4.78 is 10.3. The van der Waals surface area contributed by atoms with Gasteiger partial charge in [0.05, 0.1) is 32.6 Å². The van der Waals surface area contributed by atoms with Crippen LogP contribution in [0.15, 0.2) is 36.5 Å². The van der Waals surface area contributed by atoms with E-state index in [2.05, 4.69) is 32.5 Å². The lowest BCUT2D eigenvalue weighted by molar-refractivity contribution is -0.115. The second-order valence-corrected chi connectivity index (χ2v) is 7.00. The highest BCUT2D eigenvalue weighted by molar-refractivity contribution is 5.99. The number of anilines is 2. The van der Waals surface area contributed by atoms with Gasteiger partial charge in [-0.3, -0.25) is 9.59 Å². The van der Waals surface area contributed by atoms with Crippen molar-refractivity contribution in [1.29, 1.82) is 0 Å². The number of nitrogens with one attached hydrogen (secondary N) is 2. The first-order chi connectivity index (χ1) is 14.5. The second kappa shape index (κ2) is 9.93. The first-order valence-electron chi connectivity index (χ1n) is 9.70. The van der Waals surface area contributed by atoms with Crippen molar-refractivity contribution in [2.45, 2.75) is 0 Å². The van der Waals surface area contributed by atoms with Gasteiger partial charge in [0.2, 0.25) is 5.91 Å². The third kappa shape index (κ3) is 5.38. The zero-order valence-corrected chi connectivity index (χ0v) is 17.5. The van der Waals surface area contributed by atoms with Crippen LogP contribution in [-0.2, 0) is 4.79 Å². The van der Waals surface area contributed by atoms with Crippen molar-refractivity contribution in [2.75, 3.05) is 64.2 Å². The molecule has 0 unspecified atom stereocenters. The molecule has 0 atom stereocenters. The Morgan fingerprint density at radius 1 is 1.03 bits per heavy atom. The lowest BCUT2D eigenvalue weighted by Gasteiger charge is -2.33. The van der Waals surface area contributed by atoms with Crippen LogP contribution in [0, 0.1) is 0 Å². The molecule has 30 heavy (non-hydrogen) atoms. The molecular weight excluding hydrogens is 386 g/mol. The fourth-order valence-electron chi connectivity index (χ4n) is 3.13. The molecule has 9 heteroatoms. The number of aromatic nitrogens is 1. The SMILES string of the molecule is COc1ccc(C(=O)NCC(=O)Nc2ccc(N3CCN(C)CC3)nc2)cc1OC. The largest absolute Gasteiger partial charge is 0.493 e. The number of nitrogens with zero attached hydrogens (tertiary/aromatic N) is 3. The first kappa shape index (κ1) is 21.4. The predicted molar refractivity (Wildman–Crippen MR) is 114 cm³/mol. The van der Waals surface area contributed by atoms with Crippen LogP contribution >= 0.6 is 0 Å². The van der Waals surface area contributed by atoms with E-state index in [0.717, 1.165) is 32.0 Å². The Bertz CT molecular complexity index is 879. The van der Waals surface area contributed by atoms with Gasteiger partial charge in [-0.2, -0.15) is 0 Å². The van der Waals surface area contributed by atoms with E-state index in [1.807, 2.05) is 12.1 Å². The van der Waals surface area contributed by atoms with Gasteiger partial charge in [0.1, 0.15) is 5.82 Å². The molecule has 2 aromatic rings. The minimum Gasteiger partial charge on any atom is -0.493 e. The first-order valence-corrected chi connectivity index (χ1v) is 9.70. The number of hydrogen-bond acceptors (Lipinski definition) is 7. The van der Waals surface area contributed by atoms with Gasteiger partial charge in [0.15, 0.2) is 11.5 Å². The summed E-state index contributed by atoms with van der Waals surface area (Å²) in [5.74, 6) is 1.15. The number of piperazine rings is 1.